The number of hydrogen-bond acceptors (Lipinski definition) is 3. The van der Waals surface area contributed by atoms with Crippen molar-refractivity contribution in [1.82, 2.24) is 0 Å². The molecule has 0 saturated carbocycles. The summed E-state index contributed by atoms with van der Waals surface area (Å²) < 4.78 is 18.3. The molecule has 0 aliphatic heterocycles. The van der Waals surface area contributed by atoms with Gasteiger partial charge in [0.05, 0.1) is 12.7 Å². The number of rotatable bonds is 5. The van der Waals surface area contributed by atoms with E-state index >= 15 is 0 Å². The van der Waals surface area contributed by atoms with Gasteiger partial charge in [-0.05, 0) is 19.1 Å². The number of thioether (sulfide) groups is 1. The van der Waals surface area contributed by atoms with Crippen molar-refractivity contribution in [2.24, 2.45) is 0 Å². The lowest BCUT2D eigenvalue weighted by atomic mass is 10.1. The lowest BCUT2D eigenvalue weighted by Crippen LogP contribution is -2.00. The van der Waals surface area contributed by atoms with E-state index < -0.39 is 6.10 Å². The van der Waals surface area contributed by atoms with Gasteiger partial charge < -0.3 is 9.84 Å². The second-order valence-electron chi connectivity index (χ2n) is 3.17. The summed E-state index contributed by atoms with van der Waals surface area (Å²) in [5, 5.41) is 9.46. The van der Waals surface area contributed by atoms with Crippen LogP contribution in [-0.2, 0) is 4.74 Å². The molecule has 1 N–H and O–H groups in total. The molecule has 84 valence electrons. The Hall–Kier alpha value is -0.580. The van der Waals surface area contributed by atoms with Crippen molar-refractivity contribution >= 4 is 11.8 Å². The van der Waals surface area contributed by atoms with E-state index in [0.717, 1.165) is 10.6 Å². The maximum absolute atomic E-state index is 13.4. The van der Waals surface area contributed by atoms with E-state index in [1.807, 2.05) is 6.07 Å². The first-order valence-electron chi connectivity index (χ1n) is 4.75. The smallest absolute Gasteiger partial charge is 0.130 e. The van der Waals surface area contributed by atoms with E-state index in [1.165, 1.54) is 17.8 Å². The first kappa shape index (κ1) is 12.5. The number of aliphatic hydroxyl groups is 1. The van der Waals surface area contributed by atoms with Crippen LogP contribution in [0.1, 0.15) is 18.6 Å². The predicted molar refractivity (Wildman–Crippen MR) is 59.6 cm³/mol. The number of aliphatic hydroxyl groups excluding tert-OH is 1. The normalized spacial score (nSPS) is 12.8. The van der Waals surface area contributed by atoms with Crippen molar-refractivity contribution < 1.29 is 14.2 Å². The van der Waals surface area contributed by atoms with Gasteiger partial charge in [-0.25, -0.2) is 4.39 Å². The molecule has 1 atom stereocenters. The molecule has 0 radical (unpaired) electrons. The average molecular weight is 230 g/mol. The fourth-order valence-electron chi connectivity index (χ4n) is 1.28. The van der Waals surface area contributed by atoms with Gasteiger partial charge in [0.15, 0.2) is 0 Å². The molecular weight excluding hydrogens is 215 g/mol. The van der Waals surface area contributed by atoms with Crippen LogP contribution >= 0.6 is 11.8 Å². The molecule has 0 spiro atoms. The molecule has 2 nitrogen and oxygen atoms in total. The van der Waals surface area contributed by atoms with Gasteiger partial charge in [0.25, 0.3) is 0 Å². The minimum Gasteiger partial charge on any atom is -0.389 e. The summed E-state index contributed by atoms with van der Waals surface area (Å²) in [7, 11) is 1.63. The zero-order valence-electron chi connectivity index (χ0n) is 8.87. The lowest BCUT2D eigenvalue weighted by molar-refractivity contribution is 0.191. The van der Waals surface area contributed by atoms with E-state index in [0.29, 0.717) is 12.2 Å². The van der Waals surface area contributed by atoms with Gasteiger partial charge in [-0.1, -0.05) is 6.07 Å². The fourth-order valence-corrected chi connectivity index (χ4v) is 2.35. The third kappa shape index (κ3) is 3.48. The summed E-state index contributed by atoms with van der Waals surface area (Å²) in [5.41, 5.74) is 0.374. The summed E-state index contributed by atoms with van der Waals surface area (Å²) >= 11 is 1.49. The predicted octanol–water partition coefficient (Wildman–Crippen LogP) is 2.62. The second-order valence-corrected chi connectivity index (χ2v) is 4.31. The van der Waals surface area contributed by atoms with Crippen molar-refractivity contribution in [3.8, 4) is 0 Å². The highest BCUT2D eigenvalue weighted by Crippen LogP contribution is 2.29. The van der Waals surface area contributed by atoms with Crippen LogP contribution in [0, 0.1) is 5.82 Å². The number of methoxy groups -OCH3 is 1. The van der Waals surface area contributed by atoms with Crippen molar-refractivity contribution in [2.75, 3.05) is 19.5 Å². The zero-order valence-corrected chi connectivity index (χ0v) is 9.68. The van der Waals surface area contributed by atoms with Gasteiger partial charge in [0.1, 0.15) is 5.82 Å². The Kier molecular flexibility index (Phi) is 5.08. The third-order valence-electron chi connectivity index (χ3n) is 1.98. The van der Waals surface area contributed by atoms with Crippen LogP contribution in [0.2, 0.25) is 0 Å². The zero-order chi connectivity index (χ0) is 11.3. The highest BCUT2D eigenvalue weighted by Gasteiger charge is 2.13. The minimum absolute atomic E-state index is 0.354. The molecule has 0 aromatic heterocycles. The SMILES string of the molecule is COCCSc1cccc(F)c1[C@@H](C)O. The summed E-state index contributed by atoms with van der Waals surface area (Å²) in [5.74, 6) is 0.395. The molecule has 0 aliphatic rings. The molecule has 15 heavy (non-hydrogen) atoms. The molecule has 0 fully saturated rings. The van der Waals surface area contributed by atoms with Crippen molar-refractivity contribution in [3.05, 3.63) is 29.6 Å². The summed E-state index contributed by atoms with van der Waals surface area (Å²) in [4.78, 5) is 0.780. The fraction of sp³-hybridized carbons (Fsp3) is 0.455. The Morgan fingerprint density at radius 2 is 2.27 bits per heavy atom. The molecule has 1 aromatic carbocycles. The molecular formula is C11H15FO2S. The summed E-state index contributed by atoms with van der Waals surface area (Å²) in [6.07, 6.45) is -0.781. The van der Waals surface area contributed by atoms with Gasteiger partial charge in [-0.3, -0.25) is 0 Å². The molecule has 0 bridgehead atoms. The number of ether oxygens (including phenoxy) is 1. The quantitative estimate of drug-likeness (QED) is 0.623. The van der Waals surface area contributed by atoms with Crippen LogP contribution in [-0.4, -0.2) is 24.6 Å². The number of halogens is 1. The monoisotopic (exact) mass is 230 g/mol. The first-order chi connectivity index (χ1) is 7.16. The topological polar surface area (TPSA) is 29.5 Å². The van der Waals surface area contributed by atoms with E-state index in [-0.39, 0.29) is 5.82 Å². The van der Waals surface area contributed by atoms with Crippen LogP contribution < -0.4 is 0 Å². The molecule has 1 rings (SSSR count). The van der Waals surface area contributed by atoms with Gasteiger partial charge in [0, 0.05) is 23.3 Å². The number of benzene rings is 1. The third-order valence-corrected chi connectivity index (χ3v) is 3.01. The van der Waals surface area contributed by atoms with Crippen molar-refractivity contribution in [3.63, 3.8) is 0 Å². The van der Waals surface area contributed by atoms with Crippen LogP contribution in [0.4, 0.5) is 4.39 Å². The van der Waals surface area contributed by atoms with E-state index in [2.05, 4.69) is 0 Å². The molecule has 1 aromatic rings. The Balaban J connectivity index is 2.81. The van der Waals surface area contributed by atoms with Crippen LogP contribution in [0.5, 0.6) is 0 Å². The Morgan fingerprint density at radius 1 is 1.53 bits per heavy atom. The van der Waals surface area contributed by atoms with Gasteiger partial charge in [0.2, 0.25) is 0 Å². The molecule has 0 amide bonds. The summed E-state index contributed by atoms with van der Waals surface area (Å²) in [6, 6.07) is 4.82. The maximum atomic E-state index is 13.4. The van der Waals surface area contributed by atoms with Crippen LogP contribution in [0.25, 0.3) is 0 Å². The highest BCUT2D eigenvalue weighted by molar-refractivity contribution is 7.99. The minimum atomic E-state index is -0.781. The molecule has 0 heterocycles. The van der Waals surface area contributed by atoms with Crippen LogP contribution in [0.15, 0.2) is 23.1 Å². The second kappa shape index (κ2) is 6.10. The Morgan fingerprint density at radius 3 is 2.87 bits per heavy atom. The highest BCUT2D eigenvalue weighted by atomic mass is 32.2. The molecule has 0 unspecified atom stereocenters. The Labute approximate surface area is 93.5 Å². The van der Waals surface area contributed by atoms with Gasteiger partial charge in [-0.2, -0.15) is 0 Å². The largest absolute Gasteiger partial charge is 0.389 e. The first-order valence-corrected chi connectivity index (χ1v) is 5.73. The van der Waals surface area contributed by atoms with Crippen molar-refractivity contribution in [2.45, 2.75) is 17.9 Å². The number of hydrogen-bond donors (Lipinski definition) is 1. The molecule has 0 aliphatic carbocycles. The molecule has 0 saturated heterocycles. The lowest BCUT2D eigenvalue weighted by Gasteiger charge is -2.12. The van der Waals surface area contributed by atoms with Crippen molar-refractivity contribution in [1.29, 1.82) is 0 Å². The van der Waals surface area contributed by atoms with E-state index in [1.54, 1.807) is 20.1 Å². The summed E-state index contributed by atoms with van der Waals surface area (Å²) in [6.45, 7) is 2.18. The van der Waals surface area contributed by atoms with Crippen LogP contribution in [0.3, 0.4) is 0 Å². The van der Waals surface area contributed by atoms with Gasteiger partial charge in [-0.15, -0.1) is 11.8 Å². The standard InChI is InChI=1S/C11H15FO2S/c1-8(13)11-9(12)4-3-5-10(11)15-7-6-14-2/h3-5,8,13H,6-7H2,1-2H3/t8-/m1/s1. The van der Waals surface area contributed by atoms with E-state index in [4.69, 9.17) is 4.74 Å². The molecule has 4 heteroatoms. The van der Waals surface area contributed by atoms with E-state index in [9.17, 15) is 9.50 Å². The van der Waals surface area contributed by atoms with Gasteiger partial charge >= 0.3 is 0 Å². The maximum Gasteiger partial charge on any atom is 0.130 e. The Bertz CT molecular complexity index is 315. The average Bonchev–Trinajstić information content (AvgIpc) is 2.17.